The van der Waals surface area contributed by atoms with Crippen molar-refractivity contribution < 1.29 is 21.8 Å². The third-order valence-electron chi connectivity index (χ3n) is 7.28. The highest BCUT2D eigenvalue weighted by atomic mass is 32.2. The van der Waals surface area contributed by atoms with Crippen LogP contribution in [0.5, 0.6) is 0 Å². The molecule has 3 fully saturated rings. The van der Waals surface area contributed by atoms with Crippen molar-refractivity contribution in [3.8, 4) is 0 Å². The molecule has 3 unspecified atom stereocenters. The van der Waals surface area contributed by atoms with E-state index in [1.807, 2.05) is 4.90 Å². The van der Waals surface area contributed by atoms with E-state index in [0.29, 0.717) is 30.1 Å². The zero-order valence-corrected chi connectivity index (χ0v) is 20.3. The van der Waals surface area contributed by atoms with Gasteiger partial charge in [0.05, 0.1) is 16.5 Å². The molecule has 1 aromatic heterocycles. The second kappa shape index (κ2) is 9.65. The van der Waals surface area contributed by atoms with Gasteiger partial charge in [-0.2, -0.15) is 17.6 Å². The second-order valence-electron chi connectivity index (χ2n) is 9.80. The summed E-state index contributed by atoms with van der Waals surface area (Å²) in [6, 6.07) is 5.69. The van der Waals surface area contributed by atoms with E-state index in [2.05, 4.69) is 19.6 Å². The minimum atomic E-state index is -4.39. The first kappa shape index (κ1) is 24.4. The number of anilines is 2. The van der Waals surface area contributed by atoms with Gasteiger partial charge in [-0.25, -0.2) is 18.5 Å². The van der Waals surface area contributed by atoms with E-state index in [4.69, 9.17) is 0 Å². The maximum atomic E-state index is 15.5. The molecule has 2 aromatic rings. The van der Waals surface area contributed by atoms with E-state index in [9.17, 15) is 17.4 Å². The number of aromatic nitrogens is 2. The van der Waals surface area contributed by atoms with Gasteiger partial charge in [0.25, 0.3) is 0 Å². The molecule has 1 aliphatic carbocycles. The average molecular weight is 512 g/mol. The Morgan fingerprint density at radius 1 is 1.09 bits per heavy atom. The summed E-state index contributed by atoms with van der Waals surface area (Å²) in [5, 5.41) is 3.17. The SMILES string of the molecule is CS(=O)N1C2CCC1CC(CNc1ncnc(N(Cc3ccc(C(F)(F)F)cc3)C3CC3)c1F)C2. The molecule has 3 heterocycles. The van der Waals surface area contributed by atoms with Crippen LogP contribution in [-0.2, 0) is 23.7 Å². The van der Waals surface area contributed by atoms with Gasteiger partial charge >= 0.3 is 6.18 Å². The third-order valence-corrected chi connectivity index (χ3v) is 8.47. The number of halogens is 4. The van der Waals surface area contributed by atoms with Gasteiger partial charge in [-0.3, -0.25) is 0 Å². The number of alkyl halides is 3. The number of piperidine rings is 1. The van der Waals surface area contributed by atoms with E-state index in [1.54, 1.807) is 6.26 Å². The molecule has 1 N–H and O–H groups in total. The Balaban J connectivity index is 1.27. The second-order valence-corrected chi connectivity index (χ2v) is 11.1. The lowest BCUT2D eigenvalue weighted by Gasteiger charge is -2.37. The van der Waals surface area contributed by atoms with Crippen LogP contribution in [0.3, 0.4) is 0 Å². The molecule has 11 heteroatoms. The largest absolute Gasteiger partial charge is 0.416 e. The summed E-state index contributed by atoms with van der Waals surface area (Å²) in [5.41, 5.74) is -0.0451. The number of fused-ring (bicyclic) bond motifs is 2. The van der Waals surface area contributed by atoms with E-state index >= 15 is 4.39 Å². The molecule has 1 aromatic carbocycles. The van der Waals surface area contributed by atoms with Crippen molar-refractivity contribution in [3.05, 3.63) is 47.5 Å². The molecule has 0 amide bonds. The number of hydrogen-bond acceptors (Lipinski definition) is 5. The highest BCUT2D eigenvalue weighted by Gasteiger charge is 2.42. The summed E-state index contributed by atoms with van der Waals surface area (Å²) >= 11 is 0. The van der Waals surface area contributed by atoms with E-state index in [1.165, 1.54) is 18.5 Å². The maximum Gasteiger partial charge on any atom is 0.416 e. The zero-order chi connectivity index (χ0) is 24.7. The minimum Gasteiger partial charge on any atom is -0.367 e. The zero-order valence-electron chi connectivity index (χ0n) is 19.5. The molecule has 190 valence electrons. The van der Waals surface area contributed by atoms with Crippen molar-refractivity contribution in [1.29, 1.82) is 0 Å². The van der Waals surface area contributed by atoms with Crippen molar-refractivity contribution in [1.82, 2.24) is 14.3 Å². The Kier molecular flexibility index (Phi) is 6.73. The van der Waals surface area contributed by atoms with Crippen molar-refractivity contribution in [2.24, 2.45) is 5.92 Å². The highest BCUT2D eigenvalue weighted by molar-refractivity contribution is 7.81. The van der Waals surface area contributed by atoms with Gasteiger partial charge in [0.2, 0.25) is 5.82 Å². The quantitative estimate of drug-likeness (QED) is 0.519. The van der Waals surface area contributed by atoms with Crippen LogP contribution in [0.15, 0.2) is 30.6 Å². The maximum absolute atomic E-state index is 15.5. The molecule has 2 aliphatic heterocycles. The lowest BCUT2D eigenvalue weighted by molar-refractivity contribution is -0.137. The van der Waals surface area contributed by atoms with Crippen LogP contribution in [0.2, 0.25) is 0 Å². The highest BCUT2D eigenvalue weighted by Crippen LogP contribution is 2.40. The molecule has 3 atom stereocenters. The summed E-state index contributed by atoms with van der Waals surface area (Å²) in [6.07, 6.45) is 4.38. The number of nitrogens with zero attached hydrogens (tertiary/aromatic N) is 4. The van der Waals surface area contributed by atoms with Crippen LogP contribution in [0.4, 0.5) is 29.2 Å². The monoisotopic (exact) mass is 511 g/mol. The van der Waals surface area contributed by atoms with Crippen molar-refractivity contribution in [3.63, 3.8) is 0 Å². The van der Waals surface area contributed by atoms with Crippen LogP contribution in [0.25, 0.3) is 0 Å². The van der Waals surface area contributed by atoms with E-state index in [-0.39, 0.29) is 24.2 Å². The molecule has 5 rings (SSSR count). The first-order valence-corrected chi connectivity index (χ1v) is 13.5. The van der Waals surface area contributed by atoms with Gasteiger partial charge < -0.3 is 10.2 Å². The Morgan fingerprint density at radius 3 is 2.31 bits per heavy atom. The van der Waals surface area contributed by atoms with Crippen LogP contribution in [0.1, 0.15) is 49.7 Å². The molecular weight excluding hydrogens is 482 g/mol. The average Bonchev–Trinajstić information content (AvgIpc) is 3.61. The Labute approximate surface area is 204 Å². The van der Waals surface area contributed by atoms with Gasteiger partial charge in [0.1, 0.15) is 6.33 Å². The summed E-state index contributed by atoms with van der Waals surface area (Å²) in [5.74, 6) is 0.112. The van der Waals surface area contributed by atoms with Gasteiger partial charge in [0.15, 0.2) is 11.6 Å². The summed E-state index contributed by atoms with van der Waals surface area (Å²) in [4.78, 5) is 10.1. The van der Waals surface area contributed by atoms with E-state index in [0.717, 1.165) is 50.7 Å². The van der Waals surface area contributed by atoms with Crippen molar-refractivity contribution >= 4 is 22.6 Å². The first-order chi connectivity index (χ1) is 16.7. The summed E-state index contributed by atoms with van der Waals surface area (Å²) < 4.78 is 68.3. The standard InChI is InChI=1S/C24H29F4N5OS/c1-35(34)33-19-8-9-20(33)11-16(10-19)12-29-22-21(25)23(31-14-30-22)32(18-6-7-18)13-15-2-4-17(5-3-15)24(26,27)28/h2-5,14,16,18-20H,6-13H2,1H3,(H,29,30,31). The van der Waals surface area contributed by atoms with Gasteiger partial charge in [-0.1, -0.05) is 12.1 Å². The smallest absolute Gasteiger partial charge is 0.367 e. The summed E-state index contributed by atoms with van der Waals surface area (Å²) in [6.45, 7) is 0.846. The molecule has 0 radical (unpaired) electrons. The summed E-state index contributed by atoms with van der Waals surface area (Å²) in [7, 11) is -0.967. The first-order valence-electron chi connectivity index (χ1n) is 12.0. The molecule has 3 aliphatic rings. The Morgan fingerprint density at radius 2 is 1.74 bits per heavy atom. The normalized spacial score (nSPS) is 25.5. The fourth-order valence-corrected chi connectivity index (χ4v) is 6.74. The van der Waals surface area contributed by atoms with E-state index < -0.39 is 28.5 Å². The molecule has 0 spiro atoms. The molecular formula is C24H29F4N5OS. The lowest BCUT2D eigenvalue weighted by atomic mass is 9.92. The third kappa shape index (κ3) is 5.30. The van der Waals surface area contributed by atoms with Crippen molar-refractivity contribution in [2.45, 2.75) is 69.4 Å². The van der Waals surface area contributed by atoms with Gasteiger partial charge in [0, 0.05) is 37.5 Å². The number of nitrogens with one attached hydrogen (secondary N) is 1. The Bertz CT molecular complexity index is 1060. The van der Waals surface area contributed by atoms with Gasteiger partial charge in [-0.15, -0.1) is 0 Å². The minimum absolute atomic E-state index is 0.101. The molecule has 6 nitrogen and oxygen atoms in total. The van der Waals surface area contributed by atoms with Crippen molar-refractivity contribution in [2.75, 3.05) is 23.0 Å². The number of rotatable bonds is 8. The Hall–Kier alpha value is -2.27. The molecule has 35 heavy (non-hydrogen) atoms. The predicted molar refractivity (Wildman–Crippen MR) is 127 cm³/mol. The van der Waals surface area contributed by atoms with Crippen LogP contribution in [0, 0.1) is 11.7 Å². The number of benzene rings is 1. The lowest BCUT2D eigenvalue weighted by Crippen LogP contribution is -2.44. The topological polar surface area (TPSA) is 61.4 Å². The molecule has 2 bridgehead atoms. The fraction of sp³-hybridized carbons (Fsp3) is 0.583. The number of hydrogen-bond donors (Lipinski definition) is 1. The fourth-order valence-electron chi connectivity index (χ4n) is 5.52. The van der Waals surface area contributed by atoms with Gasteiger partial charge in [-0.05, 0) is 62.1 Å². The predicted octanol–water partition coefficient (Wildman–Crippen LogP) is 4.75. The molecule has 1 saturated carbocycles. The van der Waals surface area contributed by atoms with Crippen LogP contribution < -0.4 is 10.2 Å². The van der Waals surface area contributed by atoms with Crippen LogP contribution >= 0.6 is 0 Å². The molecule has 2 saturated heterocycles. The van der Waals surface area contributed by atoms with Crippen LogP contribution in [-0.4, -0.2) is 49.4 Å².